The van der Waals surface area contributed by atoms with Gasteiger partial charge >= 0.3 is 35.8 Å². The molecule has 0 rings (SSSR count). The maximum absolute atomic E-state index is 11.5. The van der Waals surface area contributed by atoms with Gasteiger partial charge in [0.1, 0.15) is 11.1 Å². The second-order valence-electron chi connectivity index (χ2n) is 9.96. The van der Waals surface area contributed by atoms with Crippen LogP contribution in [0.3, 0.4) is 0 Å². The molecule has 1 unspecified atom stereocenters. The summed E-state index contributed by atoms with van der Waals surface area (Å²) in [6.45, 7) is 8.76. The first-order valence-electron chi connectivity index (χ1n) is 14.1. The minimum atomic E-state index is -0.979. The van der Waals surface area contributed by atoms with Crippen LogP contribution in [0, 0.1) is 5.92 Å². The summed E-state index contributed by atoms with van der Waals surface area (Å²) < 4.78 is 27.2. The molecule has 0 radical (unpaired) electrons. The molecule has 0 saturated carbocycles. The Hall–Kier alpha value is -4.72. The molecule has 0 bridgehead atoms. The maximum Gasteiger partial charge on any atom is 0.345 e. The molecule has 0 amide bonds. The topological polar surface area (TPSA) is 164 Å². The van der Waals surface area contributed by atoms with Crippen LogP contribution in [0.25, 0.3) is 0 Å². The summed E-state index contributed by atoms with van der Waals surface area (Å²) in [5.74, 6) is -4.96. The highest BCUT2D eigenvalue weighted by Crippen LogP contribution is 2.16. The summed E-state index contributed by atoms with van der Waals surface area (Å²) in [5.41, 5.74) is 1.47. The zero-order valence-electron chi connectivity index (χ0n) is 30.3. The molecule has 0 aromatic rings. The number of allylic oxidation sites excluding steroid dienone is 5. The van der Waals surface area contributed by atoms with E-state index in [1.54, 1.807) is 57.0 Å². The van der Waals surface area contributed by atoms with E-state index < -0.39 is 41.7 Å². The lowest BCUT2D eigenvalue weighted by atomic mass is 9.98. The number of hydrogen-bond donors (Lipinski definition) is 0. The highest BCUT2D eigenvalue weighted by atomic mass is 16.6. The Bertz CT molecular complexity index is 1170. The summed E-state index contributed by atoms with van der Waals surface area (Å²) >= 11 is 0. The molecule has 0 aliphatic heterocycles. The Kier molecular flexibility index (Phi) is 25.3. The van der Waals surface area contributed by atoms with Crippen LogP contribution >= 0.6 is 0 Å². The van der Waals surface area contributed by atoms with Crippen molar-refractivity contribution in [1.29, 1.82) is 0 Å². The van der Waals surface area contributed by atoms with Gasteiger partial charge in [-0.15, -0.1) is 0 Å². The number of rotatable bonds is 12. The van der Waals surface area contributed by atoms with Crippen molar-refractivity contribution in [1.82, 2.24) is 9.80 Å². The van der Waals surface area contributed by atoms with Crippen molar-refractivity contribution >= 4 is 35.8 Å². The predicted octanol–water partition coefficient (Wildman–Crippen LogP) is 2.79. The van der Waals surface area contributed by atoms with Crippen LogP contribution in [0.2, 0.25) is 0 Å². The molecule has 266 valence electrons. The smallest absolute Gasteiger partial charge is 0.345 e. The highest BCUT2D eigenvalue weighted by Gasteiger charge is 2.30. The van der Waals surface area contributed by atoms with Gasteiger partial charge in [0, 0.05) is 20.1 Å². The third-order valence-corrected chi connectivity index (χ3v) is 6.03. The molecule has 0 fully saturated rings. The summed E-state index contributed by atoms with van der Waals surface area (Å²) in [4.78, 5) is 72.0. The van der Waals surface area contributed by atoms with Crippen LogP contribution in [0.15, 0.2) is 58.4 Å². The number of methoxy groups -OCH3 is 6. The lowest BCUT2D eigenvalue weighted by Gasteiger charge is -2.19. The van der Waals surface area contributed by atoms with Gasteiger partial charge in [0.2, 0.25) is 0 Å². The lowest BCUT2D eigenvalue weighted by Crippen LogP contribution is -2.29. The number of likely N-dealkylation sites (N-methyl/N-ethyl adjacent to an activating group) is 1. The average Bonchev–Trinajstić information content (AvgIpc) is 3.03. The van der Waals surface area contributed by atoms with Crippen molar-refractivity contribution in [2.75, 3.05) is 70.8 Å². The van der Waals surface area contributed by atoms with Crippen LogP contribution in [0.4, 0.5) is 0 Å². The predicted molar refractivity (Wildman–Crippen MR) is 176 cm³/mol. The summed E-state index contributed by atoms with van der Waals surface area (Å²) in [5, 5.41) is 0. The minimum absolute atomic E-state index is 0.0758. The summed E-state index contributed by atoms with van der Waals surface area (Å²) in [7, 11) is 14.9. The zero-order valence-corrected chi connectivity index (χ0v) is 30.3. The quantitative estimate of drug-likeness (QED) is 0.0567. The van der Waals surface area contributed by atoms with E-state index in [0.717, 1.165) is 0 Å². The van der Waals surface area contributed by atoms with E-state index in [1.807, 2.05) is 46.1 Å². The Labute approximate surface area is 278 Å². The Morgan fingerprint density at radius 3 is 1.17 bits per heavy atom. The third kappa shape index (κ3) is 18.1. The van der Waals surface area contributed by atoms with E-state index in [4.69, 9.17) is 0 Å². The number of carbonyl (C=O) groups excluding carboxylic acids is 6. The fraction of sp³-hybridized carbons (Fsp3) is 0.515. The Morgan fingerprint density at radius 1 is 0.574 bits per heavy atom. The van der Waals surface area contributed by atoms with Crippen LogP contribution in [-0.4, -0.2) is 123 Å². The van der Waals surface area contributed by atoms with Crippen LogP contribution < -0.4 is 0 Å². The average molecular weight is 669 g/mol. The number of esters is 6. The van der Waals surface area contributed by atoms with Gasteiger partial charge in [0.15, 0.2) is 5.92 Å². The van der Waals surface area contributed by atoms with Crippen molar-refractivity contribution in [2.45, 2.75) is 40.7 Å². The molecule has 0 heterocycles. The molecule has 0 spiro atoms. The van der Waals surface area contributed by atoms with E-state index >= 15 is 0 Å². The van der Waals surface area contributed by atoms with E-state index in [-0.39, 0.29) is 17.2 Å². The van der Waals surface area contributed by atoms with Crippen molar-refractivity contribution in [3.8, 4) is 0 Å². The van der Waals surface area contributed by atoms with Gasteiger partial charge in [0.05, 0.1) is 42.7 Å². The fourth-order valence-electron chi connectivity index (χ4n) is 3.23. The lowest BCUT2D eigenvalue weighted by molar-refractivity contribution is -0.157. The Morgan fingerprint density at radius 2 is 0.915 bits per heavy atom. The largest absolute Gasteiger partial charge is 0.468 e. The van der Waals surface area contributed by atoms with Gasteiger partial charge in [-0.2, -0.15) is 0 Å². The normalized spacial score (nSPS) is 11.2. The fourth-order valence-corrected chi connectivity index (χ4v) is 3.23. The molecule has 14 heteroatoms. The second kappa shape index (κ2) is 25.5. The molecule has 0 aliphatic carbocycles. The zero-order chi connectivity index (χ0) is 37.4. The van der Waals surface area contributed by atoms with Crippen molar-refractivity contribution in [3.63, 3.8) is 0 Å². The van der Waals surface area contributed by atoms with Gasteiger partial charge in [-0.1, -0.05) is 23.8 Å². The minimum Gasteiger partial charge on any atom is -0.468 e. The molecule has 0 aromatic heterocycles. The first-order chi connectivity index (χ1) is 21.9. The number of ether oxygens (including phenoxy) is 6. The van der Waals surface area contributed by atoms with Crippen molar-refractivity contribution in [2.24, 2.45) is 5.92 Å². The van der Waals surface area contributed by atoms with E-state index in [2.05, 4.69) is 28.4 Å². The van der Waals surface area contributed by atoms with Gasteiger partial charge in [-0.3, -0.25) is 9.59 Å². The second-order valence-corrected chi connectivity index (χ2v) is 9.96. The molecule has 0 N–H and O–H groups in total. The van der Waals surface area contributed by atoms with Gasteiger partial charge in [-0.25, -0.2) is 19.2 Å². The molecular weight excluding hydrogens is 616 g/mol. The van der Waals surface area contributed by atoms with Crippen molar-refractivity contribution < 1.29 is 57.2 Å². The number of hydrogen-bond acceptors (Lipinski definition) is 14. The van der Waals surface area contributed by atoms with E-state index in [1.165, 1.54) is 42.7 Å². The van der Waals surface area contributed by atoms with Crippen molar-refractivity contribution in [3.05, 3.63) is 58.4 Å². The van der Waals surface area contributed by atoms with E-state index in [0.29, 0.717) is 16.7 Å². The van der Waals surface area contributed by atoms with Crippen LogP contribution in [0.1, 0.15) is 34.6 Å². The standard InChI is InChI=1S/C12H21NO4.C11H17NO4.C10H14O4/c1-8(7-9(2)13(3)4)10(11(14)16-5)12(15)17-6;1-8(6-7-12(2)3)9(10(13)15-4)11(14)16-5;1-5-6-7(2)8(9(11)13-3)10(12)14-4/h7,9-10H,1-6H3;6-7H,1-5H3;5-6H,1-4H3/b8-7+;7-6+;6-5+. The summed E-state index contributed by atoms with van der Waals surface area (Å²) in [6.07, 6.45) is 8.58. The van der Waals surface area contributed by atoms with E-state index in [9.17, 15) is 28.8 Å². The molecule has 47 heavy (non-hydrogen) atoms. The first kappa shape index (κ1) is 46.7. The third-order valence-electron chi connectivity index (χ3n) is 6.03. The van der Waals surface area contributed by atoms with Gasteiger partial charge in [0.25, 0.3) is 0 Å². The van der Waals surface area contributed by atoms with Gasteiger partial charge < -0.3 is 38.2 Å². The monoisotopic (exact) mass is 668 g/mol. The molecular formula is C33H52N2O12. The molecule has 14 nitrogen and oxygen atoms in total. The highest BCUT2D eigenvalue weighted by molar-refractivity contribution is 6.15. The van der Waals surface area contributed by atoms with Crippen LogP contribution in [-0.2, 0) is 57.2 Å². The SMILES string of the molecule is C/C=C/C(C)=C(C(=O)OC)C(=O)OC.COC(=O)C(C(=O)OC)/C(C)=C/C(C)N(C)C.COC(=O)C(C(=O)OC)=C(C)/C=C/N(C)C. The number of carbonyl (C=O) groups is 6. The maximum atomic E-state index is 11.5. The summed E-state index contributed by atoms with van der Waals surface area (Å²) in [6, 6.07) is 0.117. The molecule has 0 aromatic carbocycles. The van der Waals surface area contributed by atoms with Gasteiger partial charge in [-0.05, 0) is 72.1 Å². The molecule has 0 saturated heterocycles. The first-order valence-corrected chi connectivity index (χ1v) is 14.1. The Balaban J connectivity index is -0.000000621. The number of nitrogens with zero attached hydrogens (tertiary/aromatic N) is 2. The van der Waals surface area contributed by atoms with Crippen LogP contribution in [0.5, 0.6) is 0 Å². The molecule has 1 atom stereocenters. The molecule has 0 aliphatic rings.